The van der Waals surface area contributed by atoms with Crippen LogP contribution in [0.1, 0.15) is 37.7 Å². The van der Waals surface area contributed by atoms with Crippen LogP contribution in [0.2, 0.25) is 0 Å². The van der Waals surface area contributed by atoms with Crippen LogP contribution in [0, 0.1) is 5.92 Å². The summed E-state index contributed by atoms with van der Waals surface area (Å²) in [4.78, 5) is 0. The molecule has 4 rings (SSSR count). The molecule has 1 unspecified atom stereocenters. The molecule has 1 atom stereocenters. The second-order valence-electron chi connectivity index (χ2n) is 6.28. The normalized spacial score (nSPS) is 26.6. The summed E-state index contributed by atoms with van der Waals surface area (Å²) in [7, 11) is 0. The Bertz CT molecular complexity index is 521. The molecule has 1 saturated carbocycles. The van der Waals surface area contributed by atoms with E-state index < -0.39 is 0 Å². The highest BCUT2D eigenvalue weighted by molar-refractivity contribution is 9.10. The minimum absolute atomic E-state index is 0.327. The SMILES string of the molecule is Brc1cc2c(cc1CC1CCCNC1)OC1(CCC1)O2. The fraction of sp³-hybridized carbons (Fsp3) is 0.625. The van der Waals surface area contributed by atoms with Crippen LogP contribution < -0.4 is 14.8 Å². The lowest BCUT2D eigenvalue weighted by Crippen LogP contribution is -2.45. The fourth-order valence-corrected chi connectivity index (χ4v) is 3.88. The maximum Gasteiger partial charge on any atom is 0.251 e. The monoisotopic (exact) mass is 337 g/mol. The second-order valence-corrected chi connectivity index (χ2v) is 7.13. The third kappa shape index (κ3) is 2.23. The van der Waals surface area contributed by atoms with Gasteiger partial charge < -0.3 is 14.8 Å². The summed E-state index contributed by atoms with van der Waals surface area (Å²) in [5.74, 6) is 2.25. The number of hydrogen-bond donors (Lipinski definition) is 1. The van der Waals surface area contributed by atoms with Crippen molar-refractivity contribution < 1.29 is 9.47 Å². The minimum atomic E-state index is -0.327. The van der Waals surface area contributed by atoms with E-state index >= 15 is 0 Å². The van der Waals surface area contributed by atoms with Gasteiger partial charge in [0.1, 0.15) is 0 Å². The van der Waals surface area contributed by atoms with Gasteiger partial charge in [0.2, 0.25) is 0 Å². The molecule has 2 fully saturated rings. The largest absolute Gasteiger partial charge is 0.448 e. The van der Waals surface area contributed by atoms with Gasteiger partial charge in [0.05, 0.1) is 0 Å². The van der Waals surface area contributed by atoms with E-state index in [1.54, 1.807) is 0 Å². The van der Waals surface area contributed by atoms with Gasteiger partial charge in [0, 0.05) is 17.3 Å². The van der Waals surface area contributed by atoms with Crippen LogP contribution in [0.3, 0.4) is 0 Å². The molecule has 3 aliphatic rings. The molecule has 3 nitrogen and oxygen atoms in total. The predicted octanol–water partition coefficient (Wildman–Crippen LogP) is 3.64. The van der Waals surface area contributed by atoms with Crippen LogP contribution in [0.5, 0.6) is 11.5 Å². The summed E-state index contributed by atoms with van der Waals surface area (Å²) < 4.78 is 13.2. The quantitative estimate of drug-likeness (QED) is 0.893. The summed E-state index contributed by atoms with van der Waals surface area (Å²) in [6.45, 7) is 2.30. The maximum atomic E-state index is 6.06. The second kappa shape index (κ2) is 4.92. The molecule has 20 heavy (non-hydrogen) atoms. The molecule has 1 saturated heterocycles. The van der Waals surface area contributed by atoms with Crippen molar-refractivity contribution in [1.29, 1.82) is 0 Å². The van der Waals surface area contributed by atoms with E-state index in [0.717, 1.165) is 47.7 Å². The van der Waals surface area contributed by atoms with E-state index in [-0.39, 0.29) is 5.79 Å². The van der Waals surface area contributed by atoms with Gasteiger partial charge in [0.25, 0.3) is 5.79 Å². The van der Waals surface area contributed by atoms with E-state index in [1.165, 1.54) is 31.4 Å². The molecule has 1 spiro atoms. The molecule has 2 heterocycles. The van der Waals surface area contributed by atoms with Crippen molar-refractivity contribution in [1.82, 2.24) is 5.32 Å². The van der Waals surface area contributed by atoms with Crippen LogP contribution in [-0.2, 0) is 6.42 Å². The number of piperidine rings is 1. The summed E-state index contributed by atoms with van der Waals surface area (Å²) >= 11 is 3.70. The highest BCUT2D eigenvalue weighted by Gasteiger charge is 2.47. The molecule has 0 amide bonds. The van der Waals surface area contributed by atoms with Crippen molar-refractivity contribution in [2.75, 3.05) is 13.1 Å². The first-order valence-corrected chi connectivity index (χ1v) is 8.45. The average molecular weight is 338 g/mol. The van der Waals surface area contributed by atoms with Crippen LogP contribution in [0.15, 0.2) is 16.6 Å². The zero-order valence-electron chi connectivity index (χ0n) is 11.6. The van der Waals surface area contributed by atoms with Gasteiger partial charge in [-0.15, -0.1) is 0 Å². The predicted molar refractivity (Wildman–Crippen MR) is 81.3 cm³/mol. The number of ether oxygens (including phenoxy) is 2. The molecular formula is C16H20BrNO2. The van der Waals surface area contributed by atoms with Gasteiger partial charge >= 0.3 is 0 Å². The van der Waals surface area contributed by atoms with Crippen LogP contribution in [-0.4, -0.2) is 18.9 Å². The summed E-state index contributed by atoms with van der Waals surface area (Å²) in [6.07, 6.45) is 6.95. The number of hydrogen-bond acceptors (Lipinski definition) is 3. The van der Waals surface area contributed by atoms with Crippen molar-refractivity contribution in [3.8, 4) is 11.5 Å². The zero-order chi connectivity index (χ0) is 13.6. The maximum absolute atomic E-state index is 6.06. The number of halogens is 1. The van der Waals surface area contributed by atoms with Crippen molar-refractivity contribution in [3.63, 3.8) is 0 Å². The van der Waals surface area contributed by atoms with Crippen molar-refractivity contribution in [2.45, 2.75) is 44.3 Å². The van der Waals surface area contributed by atoms with Gasteiger partial charge in [0.15, 0.2) is 11.5 Å². The Morgan fingerprint density at radius 1 is 1.20 bits per heavy atom. The highest BCUT2D eigenvalue weighted by Crippen LogP contribution is 2.49. The van der Waals surface area contributed by atoms with Crippen molar-refractivity contribution in [2.24, 2.45) is 5.92 Å². The topological polar surface area (TPSA) is 30.5 Å². The van der Waals surface area contributed by atoms with E-state index in [9.17, 15) is 0 Å². The van der Waals surface area contributed by atoms with Crippen LogP contribution in [0.25, 0.3) is 0 Å². The zero-order valence-corrected chi connectivity index (χ0v) is 13.2. The average Bonchev–Trinajstić information content (AvgIpc) is 2.79. The Morgan fingerprint density at radius 2 is 2.00 bits per heavy atom. The first-order valence-electron chi connectivity index (χ1n) is 7.65. The highest BCUT2D eigenvalue weighted by atomic mass is 79.9. The summed E-state index contributed by atoms with van der Waals surface area (Å²) in [5.41, 5.74) is 1.34. The number of rotatable bonds is 2. The molecule has 1 aromatic rings. The van der Waals surface area contributed by atoms with Gasteiger partial charge in [-0.05, 0) is 62.4 Å². The molecule has 0 aromatic heterocycles. The molecule has 0 bridgehead atoms. The molecule has 2 aliphatic heterocycles. The van der Waals surface area contributed by atoms with E-state index in [2.05, 4.69) is 33.4 Å². The number of nitrogens with one attached hydrogen (secondary N) is 1. The van der Waals surface area contributed by atoms with E-state index in [4.69, 9.17) is 9.47 Å². The Labute approximate surface area is 128 Å². The number of benzene rings is 1. The van der Waals surface area contributed by atoms with Crippen LogP contribution >= 0.6 is 15.9 Å². The minimum Gasteiger partial charge on any atom is -0.448 e. The molecular weight excluding hydrogens is 318 g/mol. The standard InChI is InChI=1S/C16H20BrNO2/c17-13-9-15-14(19-16(20-15)4-2-5-16)8-12(13)7-11-3-1-6-18-10-11/h8-9,11,18H,1-7,10H2. The van der Waals surface area contributed by atoms with E-state index in [0.29, 0.717) is 0 Å². The van der Waals surface area contributed by atoms with Gasteiger partial charge in [-0.1, -0.05) is 15.9 Å². The van der Waals surface area contributed by atoms with Gasteiger partial charge in [-0.2, -0.15) is 0 Å². The summed E-state index contributed by atoms with van der Waals surface area (Å²) in [5, 5.41) is 3.49. The smallest absolute Gasteiger partial charge is 0.251 e. The molecule has 108 valence electrons. The lowest BCUT2D eigenvalue weighted by atomic mass is 9.91. The Balaban J connectivity index is 1.54. The number of fused-ring (bicyclic) bond motifs is 1. The van der Waals surface area contributed by atoms with Gasteiger partial charge in [-0.25, -0.2) is 0 Å². The van der Waals surface area contributed by atoms with Crippen molar-refractivity contribution in [3.05, 3.63) is 22.2 Å². The molecule has 1 N–H and O–H groups in total. The summed E-state index contributed by atoms with van der Waals surface area (Å²) in [6, 6.07) is 4.27. The van der Waals surface area contributed by atoms with E-state index in [1.807, 2.05) is 0 Å². The van der Waals surface area contributed by atoms with Crippen molar-refractivity contribution >= 4 is 15.9 Å². The van der Waals surface area contributed by atoms with Gasteiger partial charge in [-0.3, -0.25) is 0 Å². The first-order chi connectivity index (χ1) is 9.74. The third-order valence-corrected chi connectivity index (χ3v) is 5.47. The Morgan fingerprint density at radius 3 is 2.65 bits per heavy atom. The lowest BCUT2D eigenvalue weighted by molar-refractivity contribution is -0.138. The Hall–Kier alpha value is -0.740. The first kappa shape index (κ1) is 13.0. The fourth-order valence-electron chi connectivity index (χ4n) is 3.39. The molecule has 1 aliphatic carbocycles. The molecule has 1 aromatic carbocycles. The Kier molecular flexibility index (Phi) is 3.19. The third-order valence-electron chi connectivity index (χ3n) is 4.73. The lowest BCUT2D eigenvalue weighted by Gasteiger charge is -2.35. The van der Waals surface area contributed by atoms with Crippen LogP contribution in [0.4, 0.5) is 0 Å². The molecule has 4 heteroatoms. The molecule has 0 radical (unpaired) electrons.